The van der Waals surface area contributed by atoms with E-state index >= 15 is 0 Å². The van der Waals surface area contributed by atoms with Crippen LogP contribution in [0.25, 0.3) is 0 Å². The van der Waals surface area contributed by atoms with E-state index < -0.39 is 0 Å². The third kappa shape index (κ3) is 8.01. The number of hydrogen-bond acceptors (Lipinski definition) is 2. The zero-order valence-corrected chi connectivity index (χ0v) is 15.1. The molecule has 0 spiro atoms. The summed E-state index contributed by atoms with van der Waals surface area (Å²) >= 11 is 0. The predicted octanol–water partition coefficient (Wildman–Crippen LogP) is 2.49. The van der Waals surface area contributed by atoms with E-state index in [0.717, 1.165) is 11.1 Å². The molecule has 4 nitrogen and oxygen atoms in total. The highest BCUT2D eigenvalue weighted by atomic mass is 127. The molecule has 0 amide bonds. The first-order valence-electron chi connectivity index (χ1n) is 6.48. The fourth-order valence-corrected chi connectivity index (χ4v) is 1.66. The Hall–Kier alpha value is -1.15. The van der Waals surface area contributed by atoms with E-state index in [4.69, 9.17) is 5.73 Å². The molecular formula is C15H24FIN4. The molecule has 1 aromatic rings. The molecule has 1 aromatic carbocycles. The number of nitrogens with one attached hydrogen (secondary N) is 1. The van der Waals surface area contributed by atoms with Gasteiger partial charge in [-0.15, -0.1) is 24.0 Å². The average Bonchev–Trinajstić information content (AvgIpc) is 2.36. The van der Waals surface area contributed by atoms with Gasteiger partial charge in [0.2, 0.25) is 0 Å². The third-order valence-corrected chi connectivity index (χ3v) is 2.60. The van der Waals surface area contributed by atoms with E-state index in [0.29, 0.717) is 31.2 Å². The fraction of sp³-hybridized carbons (Fsp3) is 0.400. The van der Waals surface area contributed by atoms with Gasteiger partial charge in [0.15, 0.2) is 5.96 Å². The summed E-state index contributed by atoms with van der Waals surface area (Å²) in [4.78, 5) is 6.15. The Bertz CT molecular complexity index is 500. The van der Waals surface area contributed by atoms with Gasteiger partial charge in [-0.05, 0) is 38.7 Å². The molecule has 0 aromatic heterocycles. The highest BCUT2D eigenvalue weighted by Crippen LogP contribution is 2.13. The minimum absolute atomic E-state index is 0. The van der Waals surface area contributed by atoms with Crippen LogP contribution in [-0.4, -0.2) is 31.5 Å². The summed E-state index contributed by atoms with van der Waals surface area (Å²) in [7, 11) is 3.81. The van der Waals surface area contributed by atoms with Crippen molar-refractivity contribution in [3.8, 4) is 0 Å². The van der Waals surface area contributed by atoms with Gasteiger partial charge in [-0.25, -0.2) is 9.38 Å². The van der Waals surface area contributed by atoms with Gasteiger partial charge in [0, 0.05) is 18.7 Å². The van der Waals surface area contributed by atoms with E-state index in [2.05, 4.69) is 16.9 Å². The fourth-order valence-electron chi connectivity index (χ4n) is 1.66. The number of aliphatic imine (C=N–C) groups is 1. The standard InChI is InChI=1S/C15H23FN4.HI/c1-11(2)8-18-15(17)19-9-12-5-6-14(16)13(7-12)10-20(3)4;/h5-7H,1,8-10H2,2-4H3,(H3,17,18,19);1H. The van der Waals surface area contributed by atoms with Crippen molar-refractivity contribution in [2.75, 3.05) is 20.6 Å². The van der Waals surface area contributed by atoms with Crippen molar-refractivity contribution in [3.63, 3.8) is 0 Å². The summed E-state index contributed by atoms with van der Waals surface area (Å²) in [6.45, 7) is 7.28. The van der Waals surface area contributed by atoms with Crippen molar-refractivity contribution in [2.24, 2.45) is 10.7 Å². The lowest BCUT2D eigenvalue weighted by atomic mass is 10.1. The van der Waals surface area contributed by atoms with Crippen molar-refractivity contribution in [1.82, 2.24) is 10.2 Å². The van der Waals surface area contributed by atoms with Crippen LogP contribution in [0.4, 0.5) is 4.39 Å². The molecule has 0 aliphatic carbocycles. The first-order chi connectivity index (χ1) is 9.38. The maximum absolute atomic E-state index is 13.6. The molecule has 0 heterocycles. The summed E-state index contributed by atoms with van der Waals surface area (Å²) < 4.78 is 13.6. The zero-order valence-electron chi connectivity index (χ0n) is 12.8. The molecule has 0 atom stereocenters. The van der Waals surface area contributed by atoms with Crippen LogP contribution in [0.3, 0.4) is 0 Å². The summed E-state index contributed by atoms with van der Waals surface area (Å²) in [5.74, 6) is 0.172. The summed E-state index contributed by atoms with van der Waals surface area (Å²) in [6, 6.07) is 5.02. The molecule has 0 bridgehead atoms. The minimum Gasteiger partial charge on any atom is -0.370 e. The number of guanidine groups is 1. The van der Waals surface area contributed by atoms with Crippen molar-refractivity contribution in [1.29, 1.82) is 0 Å². The molecule has 0 aliphatic rings. The van der Waals surface area contributed by atoms with Gasteiger partial charge < -0.3 is 16.0 Å². The van der Waals surface area contributed by atoms with Crippen LogP contribution in [0.2, 0.25) is 0 Å². The summed E-state index contributed by atoms with van der Waals surface area (Å²) in [5, 5.41) is 2.96. The lowest BCUT2D eigenvalue weighted by molar-refractivity contribution is 0.392. The molecule has 0 saturated carbocycles. The zero-order chi connectivity index (χ0) is 15.1. The largest absolute Gasteiger partial charge is 0.370 e. The molecule has 0 radical (unpaired) electrons. The second kappa shape index (κ2) is 9.73. The number of rotatable bonds is 6. The summed E-state index contributed by atoms with van der Waals surface area (Å²) in [6.07, 6.45) is 0. The average molecular weight is 406 g/mol. The predicted molar refractivity (Wildman–Crippen MR) is 97.3 cm³/mol. The lowest BCUT2D eigenvalue weighted by Gasteiger charge is -2.11. The van der Waals surface area contributed by atoms with E-state index in [1.54, 1.807) is 6.07 Å². The van der Waals surface area contributed by atoms with E-state index in [9.17, 15) is 4.39 Å². The van der Waals surface area contributed by atoms with Gasteiger partial charge in [0.05, 0.1) is 6.54 Å². The van der Waals surface area contributed by atoms with Crippen molar-refractivity contribution >= 4 is 29.9 Å². The van der Waals surface area contributed by atoms with Gasteiger partial charge in [0.1, 0.15) is 5.82 Å². The molecule has 1 rings (SSSR count). The molecule has 3 N–H and O–H groups in total. The topological polar surface area (TPSA) is 53.6 Å². The van der Waals surface area contributed by atoms with Gasteiger partial charge in [-0.2, -0.15) is 0 Å². The van der Waals surface area contributed by atoms with E-state index in [-0.39, 0.29) is 29.8 Å². The van der Waals surface area contributed by atoms with Crippen molar-refractivity contribution in [3.05, 3.63) is 47.3 Å². The highest BCUT2D eigenvalue weighted by Gasteiger charge is 2.04. The Morgan fingerprint density at radius 3 is 2.67 bits per heavy atom. The molecule has 21 heavy (non-hydrogen) atoms. The number of nitrogens with two attached hydrogens (primary N) is 1. The Kier molecular flexibility index (Phi) is 9.19. The van der Waals surface area contributed by atoms with Crippen LogP contribution in [0, 0.1) is 5.82 Å². The van der Waals surface area contributed by atoms with Crippen LogP contribution >= 0.6 is 24.0 Å². The maximum atomic E-state index is 13.6. The van der Waals surface area contributed by atoms with Crippen molar-refractivity contribution in [2.45, 2.75) is 20.0 Å². The SMILES string of the molecule is C=C(C)CNC(N)=NCc1ccc(F)c(CN(C)C)c1.I. The number of hydrogen-bond donors (Lipinski definition) is 2. The minimum atomic E-state index is -0.195. The highest BCUT2D eigenvalue weighted by molar-refractivity contribution is 14.0. The first kappa shape index (κ1) is 19.9. The first-order valence-corrected chi connectivity index (χ1v) is 6.48. The second-order valence-corrected chi connectivity index (χ2v) is 5.18. The lowest BCUT2D eigenvalue weighted by Crippen LogP contribution is -2.32. The Labute approximate surface area is 143 Å². The van der Waals surface area contributed by atoms with Gasteiger partial charge in [-0.1, -0.05) is 18.2 Å². The summed E-state index contributed by atoms with van der Waals surface area (Å²) in [5.41, 5.74) is 8.32. The van der Waals surface area contributed by atoms with Crippen molar-refractivity contribution < 1.29 is 4.39 Å². The van der Waals surface area contributed by atoms with E-state index in [1.165, 1.54) is 6.07 Å². The van der Waals surface area contributed by atoms with Gasteiger partial charge >= 0.3 is 0 Å². The van der Waals surface area contributed by atoms with E-state index in [1.807, 2.05) is 32.0 Å². The van der Waals surface area contributed by atoms with Crippen LogP contribution < -0.4 is 11.1 Å². The Morgan fingerprint density at radius 1 is 1.43 bits per heavy atom. The quantitative estimate of drug-likeness (QED) is 0.330. The maximum Gasteiger partial charge on any atom is 0.189 e. The van der Waals surface area contributed by atoms with Crippen LogP contribution in [0.5, 0.6) is 0 Å². The molecule has 6 heteroatoms. The third-order valence-electron chi connectivity index (χ3n) is 2.60. The van der Waals surface area contributed by atoms with Crippen LogP contribution in [0.1, 0.15) is 18.1 Å². The smallest absolute Gasteiger partial charge is 0.189 e. The van der Waals surface area contributed by atoms with Crippen LogP contribution in [0.15, 0.2) is 35.3 Å². The monoisotopic (exact) mass is 406 g/mol. The Balaban J connectivity index is 0.00000400. The molecular weight excluding hydrogens is 382 g/mol. The molecule has 0 fully saturated rings. The second-order valence-electron chi connectivity index (χ2n) is 5.18. The molecule has 0 unspecified atom stereocenters. The van der Waals surface area contributed by atoms with Crippen LogP contribution in [-0.2, 0) is 13.1 Å². The number of benzene rings is 1. The number of halogens is 2. The Morgan fingerprint density at radius 2 is 2.10 bits per heavy atom. The molecule has 118 valence electrons. The normalized spacial score (nSPS) is 11.2. The molecule has 0 saturated heterocycles. The van der Waals surface area contributed by atoms with Gasteiger partial charge in [-0.3, -0.25) is 0 Å². The number of nitrogens with zero attached hydrogens (tertiary/aromatic N) is 2. The van der Waals surface area contributed by atoms with Gasteiger partial charge in [0.25, 0.3) is 0 Å². The molecule has 0 aliphatic heterocycles.